The molecular weight excluding hydrogens is 281 g/mol. The van der Waals surface area contributed by atoms with Crippen LogP contribution < -0.4 is 10.1 Å². The Kier molecular flexibility index (Phi) is 4.35. The zero-order chi connectivity index (χ0) is 15.5. The van der Waals surface area contributed by atoms with Crippen molar-refractivity contribution in [2.24, 2.45) is 0 Å². The fourth-order valence-corrected chi connectivity index (χ4v) is 1.86. The highest BCUT2D eigenvalue weighted by Gasteiger charge is 2.32. The number of rotatable bonds is 4. The van der Waals surface area contributed by atoms with Gasteiger partial charge in [0.15, 0.2) is 0 Å². The molecule has 2 rings (SSSR count). The van der Waals surface area contributed by atoms with E-state index in [4.69, 9.17) is 4.74 Å². The largest absolute Gasteiger partial charge is 0.497 e. The summed E-state index contributed by atoms with van der Waals surface area (Å²) in [7, 11) is 1.58. The summed E-state index contributed by atoms with van der Waals surface area (Å²) in [4.78, 5) is 3.50. The monoisotopic (exact) mass is 296 g/mol. The number of ether oxygens (including phenoxy) is 1. The molecule has 0 fully saturated rings. The molecule has 21 heavy (non-hydrogen) atoms. The highest BCUT2D eigenvalue weighted by atomic mass is 19.4. The van der Waals surface area contributed by atoms with E-state index in [2.05, 4.69) is 10.3 Å². The molecule has 0 atom stereocenters. The Labute approximate surface area is 120 Å². The number of hydrogen-bond donors (Lipinski definition) is 1. The maximum absolute atomic E-state index is 12.7. The molecule has 0 aliphatic heterocycles. The van der Waals surface area contributed by atoms with Gasteiger partial charge in [-0.1, -0.05) is 12.1 Å². The Balaban J connectivity index is 2.10. The molecule has 0 unspecified atom stereocenters. The molecule has 2 aromatic rings. The van der Waals surface area contributed by atoms with Gasteiger partial charge in [-0.3, -0.25) is 0 Å². The van der Waals surface area contributed by atoms with Gasteiger partial charge in [0.2, 0.25) is 0 Å². The number of hydrogen-bond acceptors (Lipinski definition) is 3. The summed E-state index contributed by atoms with van der Waals surface area (Å²) in [6.45, 7) is 1.96. The minimum Gasteiger partial charge on any atom is -0.497 e. The first-order valence-electron chi connectivity index (χ1n) is 6.31. The van der Waals surface area contributed by atoms with Crippen molar-refractivity contribution in [1.82, 2.24) is 4.98 Å². The first-order valence-corrected chi connectivity index (χ1v) is 6.31. The third-order valence-corrected chi connectivity index (χ3v) is 2.90. The van der Waals surface area contributed by atoms with Crippen molar-refractivity contribution in [3.8, 4) is 5.75 Å². The Morgan fingerprint density at radius 2 is 1.81 bits per heavy atom. The molecule has 0 aliphatic rings. The van der Waals surface area contributed by atoms with Crippen LogP contribution in [0.1, 0.15) is 17.0 Å². The number of anilines is 1. The van der Waals surface area contributed by atoms with Gasteiger partial charge in [0.1, 0.15) is 11.4 Å². The number of nitrogens with one attached hydrogen (secondary N) is 1. The van der Waals surface area contributed by atoms with Crippen molar-refractivity contribution in [3.05, 3.63) is 53.3 Å². The number of pyridine rings is 1. The van der Waals surface area contributed by atoms with Gasteiger partial charge in [0.25, 0.3) is 0 Å². The van der Waals surface area contributed by atoms with Crippen molar-refractivity contribution in [3.63, 3.8) is 0 Å². The standard InChI is InChI=1S/C15H15F3N2O/c1-10-7-12(8-14(20-10)15(16,17)18)19-9-11-3-5-13(21-2)6-4-11/h3-8H,9H2,1-2H3,(H,19,20). The van der Waals surface area contributed by atoms with E-state index >= 15 is 0 Å². The van der Waals surface area contributed by atoms with Crippen LogP contribution in [0.2, 0.25) is 0 Å². The number of alkyl halides is 3. The molecule has 0 saturated heterocycles. The Hall–Kier alpha value is -2.24. The van der Waals surface area contributed by atoms with Crippen LogP contribution in [0.4, 0.5) is 18.9 Å². The summed E-state index contributed by atoms with van der Waals surface area (Å²) in [6.07, 6.45) is -4.44. The molecule has 0 spiro atoms. The van der Waals surface area contributed by atoms with Crippen molar-refractivity contribution in [2.75, 3.05) is 12.4 Å². The molecule has 0 amide bonds. The van der Waals surface area contributed by atoms with Crippen LogP contribution in [0, 0.1) is 6.92 Å². The molecule has 1 N–H and O–H groups in total. The minimum absolute atomic E-state index is 0.321. The molecule has 6 heteroatoms. The number of methoxy groups -OCH3 is 1. The molecule has 0 radical (unpaired) electrons. The summed E-state index contributed by atoms with van der Waals surface area (Å²) in [5.74, 6) is 0.734. The number of aromatic nitrogens is 1. The molecular formula is C15H15F3N2O. The highest BCUT2D eigenvalue weighted by Crippen LogP contribution is 2.29. The van der Waals surface area contributed by atoms with Crippen LogP contribution in [0.5, 0.6) is 5.75 Å². The molecule has 112 valence electrons. The van der Waals surface area contributed by atoms with Gasteiger partial charge in [-0.25, -0.2) is 4.98 Å². The summed E-state index contributed by atoms with van der Waals surface area (Å²) < 4.78 is 43.1. The normalized spacial score (nSPS) is 11.3. The van der Waals surface area contributed by atoms with Crippen LogP contribution in [-0.2, 0) is 12.7 Å². The molecule has 1 aromatic carbocycles. The van der Waals surface area contributed by atoms with E-state index in [1.165, 1.54) is 6.92 Å². The molecule has 1 heterocycles. The van der Waals surface area contributed by atoms with E-state index in [1.54, 1.807) is 25.3 Å². The predicted molar refractivity (Wildman–Crippen MR) is 74.3 cm³/mol. The quantitative estimate of drug-likeness (QED) is 0.925. The lowest BCUT2D eigenvalue weighted by Gasteiger charge is -2.11. The van der Waals surface area contributed by atoms with E-state index in [-0.39, 0.29) is 0 Å². The van der Waals surface area contributed by atoms with Gasteiger partial charge in [0, 0.05) is 17.9 Å². The zero-order valence-electron chi connectivity index (χ0n) is 11.7. The van der Waals surface area contributed by atoms with Crippen molar-refractivity contribution >= 4 is 5.69 Å². The number of benzene rings is 1. The smallest absolute Gasteiger partial charge is 0.433 e. The van der Waals surface area contributed by atoms with E-state index in [9.17, 15) is 13.2 Å². The van der Waals surface area contributed by atoms with E-state index < -0.39 is 11.9 Å². The SMILES string of the molecule is COc1ccc(CNc2cc(C)nc(C(F)(F)F)c2)cc1. The highest BCUT2D eigenvalue weighted by molar-refractivity contribution is 5.46. The molecule has 0 aliphatic carbocycles. The lowest BCUT2D eigenvalue weighted by molar-refractivity contribution is -0.141. The minimum atomic E-state index is -4.44. The summed E-state index contributed by atoms with van der Waals surface area (Å²) in [5.41, 5.74) is 0.770. The first-order chi connectivity index (χ1) is 9.88. The third kappa shape index (κ3) is 4.11. The molecule has 0 saturated carbocycles. The Morgan fingerprint density at radius 3 is 2.38 bits per heavy atom. The van der Waals surface area contributed by atoms with E-state index in [1.807, 2.05) is 12.1 Å². The van der Waals surface area contributed by atoms with Crippen LogP contribution in [0.3, 0.4) is 0 Å². The average molecular weight is 296 g/mol. The van der Waals surface area contributed by atoms with E-state index in [0.29, 0.717) is 17.9 Å². The second kappa shape index (κ2) is 6.03. The lowest BCUT2D eigenvalue weighted by atomic mass is 10.2. The first kappa shape index (κ1) is 15.2. The van der Waals surface area contributed by atoms with Crippen molar-refractivity contribution < 1.29 is 17.9 Å². The zero-order valence-corrected chi connectivity index (χ0v) is 11.7. The molecule has 0 bridgehead atoms. The van der Waals surface area contributed by atoms with Gasteiger partial charge < -0.3 is 10.1 Å². The Morgan fingerprint density at radius 1 is 1.14 bits per heavy atom. The van der Waals surface area contributed by atoms with Crippen LogP contribution in [0.15, 0.2) is 36.4 Å². The Bertz CT molecular complexity index is 609. The molecule has 1 aromatic heterocycles. The summed E-state index contributed by atoms with van der Waals surface area (Å²) in [5, 5.41) is 2.97. The van der Waals surface area contributed by atoms with Crippen molar-refractivity contribution in [2.45, 2.75) is 19.6 Å². The van der Waals surface area contributed by atoms with Gasteiger partial charge in [-0.05, 0) is 36.8 Å². The lowest BCUT2D eigenvalue weighted by Crippen LogP contribution is -2.10. The average Bonchev–Trinajstić information content (AvgIpc) is 2.44. The maximum atomic E-state index is 12.7. The van der Waals surface area contributed by atoms with Gasteiger partial charge in [-0.15, -0.1) is 0 Å². The summed E-state index contributed by atoms with van der Waals surface area (Å²) >= 11 is 0. The second-order valence-corrected chi connectivity index (χ2v) is 4.58. The third-order valence-electron chi connectivity index (χ3n) is 2.90. The number of halogens is 3. The predicted octanol–water partition coefficient (Wildman–Crippen LogP) is 4.03. The number of nitrogens with zero attached hydrogens (tertiary/aromatic N) is 1. The number of aryl methyl sites for hydroxylation is 1. The van der Waals surface area contributed by atoms with Crippen LogP contribution in [-0.4, -0.2) is 12.1 Å². The summed E-state index contributed by atoms with van der Waals surface area (Å²) in [6, 6.07) is 9.90. The van der Waals surface area contributed by atoms with Crippen molar-refractivity contribution in [1.29, 1.82) is 0 Å². The topological polar surface area (TPSA) is 34.1 Å². The van der Waals surface area contributed by atoms with Crippen LogP contribution in [0.25, 0.3) is 0 Å². The fourth-order valence-electron chi connectivity index (χ4n) is 1.86. The second-order valence-electron chi connectivity index (χ2n) is 4.58. The van der Waals surface area contributed by atoms with Gasteiger partial charge in [0.05, 0.1) is 7.11 Å². The van der Waals surface area contributed by atoms with Gasteiger partial charge >= 0.3 is 6.18 Å². The van der Waals surface area contributed by atoms with E-state index in [0.717, 1.165) is 17.4 Å². The van der Waals surface area contributed by atoms with Gasteiger partial charge in [-0.2, -0.15) is 13.2 Å². The maximum Gasteiger partial charge on any atom is 0.433 e. The van der Waals surface area contributed by atoms with Crippen LogP contribution >= 0.6 is 0 Å². The molecule has 3 nitrogen and oxygen atoms in total. The fraction of sp³-hybridized carbons (Fsp3) is 0.267.